The average Bonchev–Trinajstić information content (AvgIpc) is 2.11. The summed E-state index contributed by atoms with van der Waals surface area (Å²) in [5.74, 6) is -1.40. The maximum atomic E-state index is 12.3. The first-order valence-electron chi connectivity index (χ1n) is 4.12. The van der Waals surface area contributed by atoms with Gasteiger partial charge in [-0.3, -0.25) is 0 Å². The van der Waals surface area contributed by atoms with Crippen LogP contribution >= 0.6 is 0 Å². The van der Waals surface area contributed by atoms with Gasteiger partial charge < -0.3 is 10.5 Å². The third kappa shape index (κ3) is 4.37. The van der Waals surface area contributed by atoms with Gasteiger partial charge in [0.2, 0.25) is 5.88 Å². The van der Waals surface area contributed by atoms with Crippen LogP contribution in [0.2, 0.25) is 0 Å². The van der Waals surface area contributed by atoms with E-state index < -0.39 is 36.2 Å². The summed E-state index contributed by atoms with van der Waals surface area (Å²) >= 11 is 0. The molecule has 0 aliphatic carbocycles. The highest BCUT2D eigenvalue weighted by Gasteiger charge is 2.33. The summed E-state index contributed by atoms with van der Waals surface area (Å²) in [5, 5.41) is 0. The van der Waals surface area contributed by atoms with Gasteiger partial charge in [0, 0.05) is 6.07 Å². The Morgan fingerprint density at radius 1 is 1.12 bits per heavy atom. The smallest absolute Gasteiger partial charge is 0.422 e. The van der Waals surface area contributed by atoms with Crippen molar-refractivity contribution in [1.82, 2.24) is 4.98 Å². The number of alkyl halides is 6. The molecular formula is C8H6F6N2O. The van der Waals surface area contributed by atoms with Gasteiger partial charge in [-0.15, -0.1) is 0 Å². The third-order valence-electron chi connectivity index (χ3n) is 1.53. The highest BCUT2D eigenvalue weighted by atomic mass is 19.4. The lowest BCUT2D eigenvalue weighted by Gasteiger charge is -2.11. The summed E-state index contributed by atoms with van der Waals surface area (Å²) < 4.78 is 76.2. The average molecular weight is 260 g/mol. The largest absolute Gasteiger partial charge is 0.468 e. The van der Waals surface area contributed by atoms with E-state index in [1.54, 1.807) is 0 Å². The van der Waals surface area contributed by atoms with E-state index in [1.165, 1.54) is 0 Å². The molecule has 1 rings (SSSR count). The number of halogens is 6. The molecule has 96 valence electrons. The molecule has 1 aromatic rings. The second-order valence-corrected chi connectivity index (χ2v) is 3.02. The molecule has 0 amide bonds. The van der Waals surface area contributed by atoms with Crippen LogP contribution in [0.1, 0.15) is 5.56 Å². The van der Waals surface area contributed by atoms with Gasteiger partial charge in [0.1, 0.15) is 5.82 Å². The zero-order valence-corrected chi connectivity index (χ0v) is 8.06. The summed E-state index contributed by atoms with van der Waals surface area (Å²) in [6.07, 6.45) is -9.39. The van der Waals surface area contributed by atoms with Crippen LogP contribution in [0.5, 0.6) is 5.88 Å². The summed E-state index contributed by atoms with van der Waals surface area (Å²) in [6.45, 7) is -1.74. The van der Waals surface area contributed by atoms with Crippen LogP contribution in [0.15, 0.2) is 12.1 Å². The summed E-state index contributed by atoms with van der Waals surface area (Å²) in [5.41, 5.74) is 3.80. The van der Waals surface area contributed by atoms with Crippen molar-refractivity contribution in [2.24, 2.45) is 0 Å². The maximum absolute atomic E-state index is 12.3. The van der Waals surface area contributed by atoms with Crippen molar-refractivity contribution in [3.63, 3.8) is 0 Å². The number of nitrogen functional groups attached to an aromatic ring is 1. The van der Waals surface area contributed by atoms with Crippen molar-refractivity contribution in [3.8, 4) is 5.88 Å². The van der Waals surface area contributed by atoms with E-state index in [4.69, 9.17) is 5.73 Å². The number of ether oxygens (including phenoxy) is 1. The third-order valence-corrected chi connectivity index (χ3v) is 1.53. The fourth-order valence-corrected chi connectivity index (χ4v) is 0.919. The van der Waals surface area contributed by atoms with E-state index in [2.05, 4.69) is 9.72 Å². The quantitative estimate of drug-likeness (QED) is 0.831. The van der Waals surface area contributed by atoms with Crippen molar-refractivity contribution in [2.45, 2.75) is 12.4 Å². The molecule has 0 unspecified atom stereocenters. The fourth-order valence-electron chi connectivity index (χ4n) is 0.919. The SMILES string of the molecule is Nc1cc(C(F)(F)F)cc(OCC(F)(F)F)n1. The van der Waals surface area contributed by atoms with E-state index >= 15 is 0 Å². The fraction of sp³-hybridized carbons (Fsp3) is 0.375. The molecule has 0 aliphatic heterocycles. The minimum Gasteiger partial charge on any atom is -0.468 e. The van der Waals surface area contributed by atoms with Gasteiger partial charge >= 0.3 is 12.4 Å². The molecule has 0 aliphatic rings. The van der Waals surface area contributed by atoms with Gasteiger partial charge in [0.15, 0.2) is 6.61 Å². The first-order chi connectivity index (χ1) is 7.58. The second-order valence-electron chi connectivity index (χ2n) is 3.02. The Labute approximate surface area is 91.2 Å². The lowest BCUT2D eigenvalue weighted by molar-refractivity contribution is -0.154. The molecule has 0 saturated carbocycles. The molecule has 0 aromatic carbocycles. The predicted octanol–water partition coefficient (Wildman–Crippen LogP) is 2.62. The predicted molar refractivity (Wildman–Crippen MR) is 45.2 cm³/mol. The van der Waals surface area contributed by atoms with E-state index in [9.17, 15) is 26.3 Å². The number of rotatable bonds is 2. The normalized spacial score (nSPS) is 12.6. The number of nitrogens with zero attached hydrogens (tertiary/aromatic N) is 1. The van der Waals surface area contributed by atoms with Crippen LogP contribution in [-0.2, 0) is 6.18 Å². The van der Waals surface area contributed by atoms with Crippen LogP contribution < -0.4 is 10.5 Å². The number of nitrogens with two attached hydrogens (primary N) is 1. The molecule has 0 fully saturated rings. The first kappa shape index (κ1) is 13.4. The van der Waals surface area contributed by atoms with Gasteiger partial charge in [0.25, 0.3) is 0 Å². The number of hydrogen-bond donors (Lipinski definition) is 1. The molecule has 0 saturated heterocycles. The van der Waals surface area contributed by atoms with Crippen molar-refractivity contribution in [1.29, 1.82) is 0 Å². The van der Waals surface area contributed by atoms with Crippen molar-refractivity contribution >= 4 is 5.82 Å². The Hall–Kier alpha value is -1.67. The standard InChI is InChI=1S/C8H6F6N2O/c9-7(10,11)3-17-6-2-4(8(12,13)14)1-5(15)16-6/h1-2H,3H2,(H2,15,16). The molecule has 17 heavy (non-hydrogen) atoms. The van der Waals surface area contributed by atoms with Crippen LogP contribution in [0.4, 0.5) is 32.2 Å². The maximum Gasteiger partial charge on any atom is 0.422 e. The zero-order valence-electron chi connectivity index (χ0n) is 8.06. The molecule has 9 heteroatoms. The lowest BCUT2D eigenvalue weighted by atomic mass is 10.2. The van der Waals surface area contributed by atoms with Crippen LogP contribution in [-0.4, -0.2) is 17.8 Å². The molecule has 0 radical (unpaired) electrons. The topological polar surface area (TPSA) is 48.1 Å². The summed E-state index contributed by atoms with van der Waals surface area (Å²) in [6, 6.07) is 0.850. The van der Waals surface area contributed by atoms with Gasteiger partial charge in [-0.2, -0.15) is 31.3 Å². The molecule has 0 spiro atoms. The number of aromatic nitrogens is 1. The number of pyridine rings is 1. The van der Waals surface area contributed by atoms with Crippen molar-refractivity contribution in [2.75, 3.05) is 12.3 Å². The Bertz CT molecular complexity index is 400. The van der Waals surface area contributed by atoms with E-state index in [0.29, 0.717) is 12.1 Å². The van der Waals surface area contributed by atoms with Crippen LogP contribution in [0.3, 0.4) is 0 Å². The van der Waals surface area contributed by atoms with Gasteiger partial charge in [0.05, 0.1) is 5.56 Å². The summed E-state index contributed by atoms with van der Waals surface area (Å²) in [4.78, 5) is 3.21. The van der Waals surface area contributed by atoms with Gasteiger partial charge in [-0.25, -0.2) is 0 Å². The molecule has 1 heterocycles. The molecular weight excluding hydrogens is 254 g/mol. The Morgan fingerprint density at radius 3 is 2.18 bits per heavy atom. The molecule has 1 aromatic heterocycles. The highest BCUT2D eigenvalue weighted by Crippen LogP contribution is 2.32. The van der Waals surface area contributed by atoms with E-state index in [-0.39, 0.29) is 0 Å². The Balaban J connectivity index is 2.91. The molecule has 0 bridgehead atoms. The minimum atomic E-state index is -4.73. The number of anilines is 1. The van der Waals surface area contributed by atoms with Crippen LogP contribution in [0.25, 0.3) is 0 Å². The highest BCUT2D eigenvalue weighted by molar-refractivity contribution is 5.38. The van der Waals surface area contributed by atoms with Crippen molar-refractivity contribution in [3.05, 3.63) is 17.7 Å². The Kier molecular flexibility index (Phi) is 3.39. The Morgan fingerprint density at radius 2 is 1.71 bits per heavy atom. The monoisotopic (exact) mass is 260 g/mol. The second kappa shape index (κ2) is 4.30. The van der Waals surface area contributed by atoms with Gasteiger partial charge in [-0.1, -0.05) is 0 Å². The van der Waals surface area contributed by atoms with E-state index in [0.717, 1.165) is 0 Å². The van der Waals surface area contributed by atoms with E-state index in [1.807, 2.05) is 0 Å². The van der Waals surface area contributed by atoms with Crippen LogP contribution in [0, 0.1) is 0 Å². The lowest BCUT2D eigenvalue weighted by Crippen LogP contribution is -2.20. The van der Waals surface area contributed by atoms with Gasteiger partial charge in [-0.05, 0) is 6.07 Å². The minimum absolute atomic E-state index is 0.349. The molecule has 0 atom stereocenters. The molecule has 2 N–H and O–H groups in total. The molecule has 3 nitrogen and oxygen atoms in total. The first-order valence-corrected chi connectivity index (χ1v) is 4.12. The number of hydrogen-bond acceptors (Lipinski definition) is 3. The van der Waals surface area contributed by atoms with Crippen molar-refractivity contribution < 1.29 is 31.1 Å². The zero-order chi connectivity index (χ0) is 13.3. The summed E-state index contributed by atoms with van der Waals surface area (Å²) in [7, 11) is 0.